The van der Waals surface area contributed by atoms with Crippen LogP contribution in [-0.2, 0) is 9.53 Å². The van der Waals surface area contributed by atoms with E-state index in [4.69, 9.17) is 17.3 Å². The van der Waals surface area contributed by atoms with Crippen LogP contribution in [0.2, 0.25) is 5.02 Å². The van der Waals surface area contributed by atoms with Gasteiger partial charge in [0.25, 0.3) is 0 Å². The predicted molar refractivity (Wildman–Crippen MR) is 66.0 cm³/mol. The van der Waals surface area contributed by atoms with Crippen molar-refractivity contribution in [2.45, 2.75) is 12.6 Å². The van der Waals surface area contributed by atoms with E-state index < -0.39 is 31.7 Å². The molecule has 19 heavy (non-hydrogen) atoms. The molecule has 0 aliphatic heterocycles. The lowest BCUT2D eigenvalue weighted by Crippen LogP contribution is -2.21. The SMILES string of the molecule is Nc1ccc(Cl)cc1NC(=O)COCCC(F)(F)F. The molecule has 0 radical (unpaired) electrons. The highest BCUT2D eigenvalue weighted by molar-refractivity contribution is 6.31. The Morgan fingerprint density at radius 1 is 1.42 bits per heavy atom. The quantitative estimate of drug-likeness (QED) is 0.649. The summed E-state index contributed by atoms with van der Waals surface area (Å²) in [5, 5.41) is 2.77. The van der Waals surface area contributed by atoms with Crippen molar-refractivity contribution in [3.8, 4) is 0 Å². The summed E-state index contributed by atoms with van der Waals surface area (Å²) in [6.07, 6.45) is -5.40. The largest absolute Gasteiger partial charge is 0.397 e. The molecule has 0 saturated heterocycles. The minimum absolute atomic E-state index is 0.289. The van der Waals surface area contributed by atoms with Crippen molar-refractivity contribution in [2.75, 3.05) is 24.3 Å². The molecule has 0 aromatic heterocycles. The normalized spacial score (nSPS) is 11.4. The molecule has 8 heteroatoms. The van der Waals surface area contributed by atoms with Gasteiger partial charge in [0.05, 0.1) is 24.4 Å². The second-order valence-electron chi connectivity index (χ2n) is 3.70. The van der Waals surface area contributed by atoms with E-state index >= 15 is 0 Å². The molecule has 0 saturated carbocycles. The fourth-order valence-electron chi connectivity index (χ4n) is 1.18. The van der Waals surface area contributed by atoms with E-state index in [2.05, 4.69) is 10.1 Å². The number of carbonyl (C=O) groups excluding carboxylic acids is 1. The Hall–Kier alpha value is -1.47. The van der Waals surface area contributed by atoms with Gasteiger partial charge in [-0.15, -0.1) is 0 Å². The van der Waals surface area contributed by atoms with Crippen molar-refractivity contribution in [3.63, 3.8) is 0 Å². The third-order valence-corrected chi connectivity index (χ3v) is 2.29. The molecular weight excluding hydrogens is 285 g/mol. The van der Waals surface area contributed by atoms with Crippen LogP contribution in [0.3, 0.4) is 0 Å². The third kappa shape index (κ3) is 6.30. The van der Waals surface area contributed by atoms with Gasteiger partial charge in [0, 0.05) is 5.02 Å². The maximum Gasteiger partial charge on any atom is 0.391 e. The third-order valence-electron chi connectivity index (χ3n) is 2.05. The Labute approximate surface area is 112 Å². The van der Waals surface area contributed by atoms with E-state index in [-0.39, 0.29) is 5.69 Å². The highest BCUT2D eigenvalue weighted by Gasteiger charge is 2.26. The standard InChI is InChI=1S/C11H12ClF3N2O2/c12-7-1-2-8(16)9(5-7)17-10(18)6-19-4-3-11(13,14)15/h1-2,5H,3-4,6,16H2,(H,17,18). The first-order chi connectivity index (χ1) is 8.78. The monoisotopic (exact) mass is 296 g/mol. The molecule has 106 valence electrons. The van der Waals surface area contributed by atoms with Crippen LogP contribution in [0.4, 0.5) is 24.5 Å². The Morgan fingerprint density at radius 2 is 2.11 bits per heavy atom. The van der Waals surface area contributed by atoms with Crippen molar-refractivity contribution >= 4 is 28.9 Å². The zero-order valence-electron chi connectivity index (χ0n) is 9.76. The van der Waals surface area contributed by atoms with Crippen molar-refractivity contribution in [1.29, 1.82) is 0 Å². The number of nitrogen functional groups attached to an aromatic ring is 1. The van der Waals surface area contributed by atoms with Crippen molar-refractivity contribution in [2.24, 2.45) is 0 Å². The highest BCUT2D eigenvalue weighted by Crippen LogP contribution is 2.23. The first kappa shape index (κ1) is 15.6. The summed E-state index contributed by atoms with van der Waals surface area (Å²) < 4.78 is 40.0. The van der Waals surface area contributed by atoms with Gasteiger partial charge in [-0.05, 0) is 18.2 Å². The number of anilines is 2. The Bertz CT molecular complexity index is 452. The van der Waals surface area contributed by atoms with E-state index in [1.807, 2.05) is 0 Å². The second-order valence-corrected chi connectivity index (χ2v) is 4.13. The molecule has 1 aromatic rings. The van der Waals surface area contributed by atoms with Crippen molar-refractivity contribution in [3.05, 3.63) is 23.2 Å². The van der Waals surface area contributed by atoms with E-state index in [0.29, 0.717) is 10.7 Å². The summed E-state index contributed by atoms with van der Waals surface area (Å²) >= 11 is 5.71. The second kappa shape index (κ2) is 6.63. The van der Waals surface area contributed by atoms with Crippen LogP contribution >= 0.6 is 11.6 Å². The fourth-order valence-corrected chi connectivity index (χ4v) is 1.35. The lowest BCUT2D eigenvalue weighted by atomic mass is 10.2. The molecule has 1 amide bonds. The lowest BCUT2D eigenvalue weighted by Gasteiger charge is -2.09. The molecule has 0 aliphatic rings. The first-order valence-corrected chi connectivity index (χ1v) is 5.65. The summed E-state index contributed by atoms with van der Waals surface area (Å²) in [7, 11) is 0. The average Bonchev–Trinajstić information content (AvgIpc) is 2.28. The van der Waals surface area contributed by atoms with Crippen LogP contribution in [0.15, 0.2) is 18.2 Å². The molecule has 0 bridgehead atoms. The van der Waals surface area contributed by atoms with E-state index in [0.717, 1.165) is 0 Å². The molecular formula is C11H12ClF3N2O2. The van der Waals surface area contributed by atoms with E-state index in [1.54, 1.807) is 6.07 Å². The van der Waals surface area contributed by atoms with Gasteiger partial charge in [0.15, 0.2) is 0 Å². The summed E-state index contributed by atoms with van der Waals surface area (Å²) in [6, 6.07) is 4.49. The van der Waals surface area contributed by atoms with Crippen LogP contribution in [0.5, 0.6) is 0 Å². The number of amides is 1. The van der Waals surface area contributed by atoms with Crippen LogP contribution in [0.1, 0.15) is 6.42 Å². The molecule has 0 heterocycles. The smallest absolute Gasteiger partial charge is 0.391 e. The van der Waals surface area contributed by atoms with Crippen LogP contribution in [0, 0.1) is 0 Å². The van der Waals surface area contributed by atoms with Crippen LogP contribution in [-0.4, -0.2) is 25.3 Å². The van der Waals surface area contributed by atoms with Crippen molar-refractivity contribution < 1.29 is 22.7 Å². The molecule has 0 atom stereocenters. The Kier molecular flexibility index (Phi) is 5.44. The fraction of sp³-hybridized carbons (Fsp3) is 0.364. The van der Waals surface area contributed by atoms with Crippen LogP contribution in [0.25, 0.3) is 0 Å². The molecule has 0 fully saturated rings. The first-order valence-electron chi connectivity index (χ1n) is 5.27. The number of alkyl halides is 3. The number of nitrogens with one attached hydrogen (secondary N) is 1. The number of nitrogens with two attached hydrogens (primary N) is 1. The summed E-state index contributed by atoms with van der Waals surface area (Å²) in [5.41, 5.74) is 6.17. The van der Waals surface area contributed by atoms with Gasteiger partial charge in [-0.25, -0.2) is 0 Å². The van der Waals surface area contributed by atoms with Gasteiger partial charge in [-0.2, -0.15) is 13.2 Å². The molecule has 0 aliphatic carbocycles. The number of halogens is 4. The van der Waals surface area contributed by atoms with Gasteiger partial charge in [0.1, 0.15) is 6.61 Å². The topological polar surface area (TPSA) is 64.3 Å². The number of benzene rings is 1. The zero-order chi connectivity index (χ0) is 14.5. The van der Waals surface area contributed by atoms with Gasteiger partial charge in [-0.1, -0.05) is 11.6 Å². The maximum atomic E-state index is 11.8. The van der Waals surface area contributed by atoms with Gasteiger partial charge >= 0.3 is 6.18 Å². The molecule has 4 nitrogen and oxygen atoms in total. The predicted octanol–water partition coefficient (Wildman–Crippen LogP) is 2.83. The highest BCUT2D eigenvalue weighted by atomic mass is 35.5. The molecule has 1 aromatic carbocycles. The zero-order valence-corrected chi connectivity index (χ0v) is 10.5. The lowest BCUT2D eigenvalue weighted by molar-refractivity contribution is -0.147. The minimum Gasteiger partial charge on any atom is -0.397 e. The molecule has 1 rings (SSSR count). The molecule has 3 N–H and O–H groups in total. The summed E-state index contributed by atoms with van der Waals surface area (Å²) in [6.45, 7) is -1.05. The summed E-state index contributed by atoms with van der Waals surface area (Å²) in [5.74, 6) is -0.601. The minimum atomic E-state index is -4.30. The maximum absolute atomic E-state index is 11.8. The van der Waals surface area contributed by atoms with Gasteiger partial charge in [-0.3, -0.25) is 4.79 Å². The number of rotatable bonds is 5. The Balaban J connectivity index is 2.37. The molecule has 0 unspecified atom stereocenters. The van der Waals surface area contributed by atoms with Gasteiger partial charge in [0.2, 0.25) is 5.91 Å². The van der Waals surface area contributed by atoms with E-state index in [1.165, 1.54) is 12.1 Å². The average molecular weight is 297 g/mol. The van der Waals surface area contributed by atoms with Crippen molar-refractivity contribution in [1.82, 2.24) is 0 Å². The molecule has 0 spiro atoms. The van der Waals surface area contributed by atoms with Gasteiger partial charge < -0.3 is 15.8 Å². The van der Waals surface area contributed by atoms with E-state index in [9.17, 15) is 18.0 Å². The number of ether oxygens (including phenoxy) is 1. The number of hydrogen-bond acceptors (Lipinski definition) is 3. The Morgan fingerprint density at radius 3 is 2.74 bits per heavy atom. The number of hydrogen-bond donors (Lipinski definition) is 2. The summed E-state index contributed by atoms with van der Waals surface area (Å²) in [4.78, 5) is 11.4. The van der Waals surface area contributed by atoms with Crippen LogP contribution < -0.4 is 11.1 Å². The number of carbonyl (C=O) groups is 1.